The Hall–Kier alpha value is -2.38. The summed E-state index contributed by atoms with van der Waals surface area (Å²) in [4.78, 5) is 4.27. The van der Waals surface area contributed by atoms with Gasteiger partial charge in [0.2, 0.25) is 5.88 Å². The van der Waals surface area contributed by atoms with Crippen molar-refractivity contribution in [2.45, 2.75) is 20.4 Å². The molecule has 4 nitrogen and oxygen atoms in total. The number of rotatable bonds is 3. The van der Waals surface area contributed by atoms with Gasteiger partial charge in [0.05, 0.1) is 0 Å². The second kappa shape index (κ2) is 5.51. The van der Waals surface area contributed by atoms with Crippen molar-refractivity contribution in [2.75, 3.05) is 0 Å². The van der Waals surface area contributed by atoms with Crippen molar-refractivity contribution in [1.29, 1.82) is 5.26 Å². The molecule has 0 aliphatic heterocycles. The van der Waals surface area contributed by atoms with Crippen LogP contribution < -0.4 is 10.5 Å². The third kappa shape index (κ3) is 2.90. The Morgan fingerprint density at radius 1 is 1.26 bits per heavy atom. The lowest BCUT2D eigenvalue weighted by atomic mass is 10.1. The van der Waals surface area contributed by atoms with Gasteiger partial charge >= 0.3 is 0 Å². The first-order valence-electron chi connectivity index (χ1n) is 5.99. The fourth-order valence-electron chi connectivity index (χ4n) is 1.82. The van der Waals surface area contributed by atoms with Gasteiger partial charge in [0.1, 0.15) is 17.4 Å². The van der Waals surface area contributed by atoms with E-state index in [4.69, 9.17) is 15.7 Å². The first-order valence-corrected chi connectivity index (χ1v) is 5.99. The monoisotopic (exact) mass is 253 g/mol. The highest BCUT2D eigenvalue weighted by Gasteiger charge is 2.10. The van der Waals surface area contributed by atoms with Crippen molar-refractivity contribution in [2.24, 2.45) is 5.73 Å². The molecule has 1 aromatic heterocycles. The van der Waals surface area contributed by atoms with E-state index in [0.29, 0.717) is 23.7 Å². The molecule has 2 aromatic rings. The van der Waals surface area contributed by atoms with Gasteiger partial charge in [-0.3, -0.25) is 0 Å². The molecule has 1 heterocycles. The van der Waals surface area contributed by atoms with Gasteiger partial charge in [-0.05, 0) is 43.2 Å². The molecule has 0 bridgehead atoms. The van der Waals surface area contributed by atoms with E-state index in [1.54, 1.807) is 0 Å². The maximum absolute atomic E-state index is 9.16. The lowest BCUT2D eigenvalue weighted by Gasteiger charge is -2.09. The molecular formula is C15H15N3O. The number of nitrogens with zero attached hydrogens (tertiary/aromatic N) is 2. The molecule has 4 heteroatoms. The van der Waals surface area contributed by atoms with E-state index in [9.17, 15) is 0 Å². The van der Waals surface area contributed by atoms with E-state index >= 15 is 0 Å². The molecule has 0 fully saturated rings. The van der Waals surface area contributed by atoms with Crippen LogP contribution in [0.5, 0.6) is 11.6 Å². The van der Waals surface area contributed by atoms with Crippen LogP contribution in [0, 0.1) is 25.2 Å². The maximum atomic E-state index is 9.16. The Labute approximate surface area is 112 Å². The Morgan fingerprint density at radius 2 is 1.95 bits per heavy atom. The number of nitriles is 1. The highest BCUT2D eigenvalue weighted by Crippen LogP contribution is 2.25. The summed E-state index contributed by atoms with van der Waals surface area (Å²) in [5.74, 6) is 0.992. The number of aryl methyl sites for hydroxylation is 2. The van der Waals surface area contributed by atoms with Crippen LogP contribution in [0.3, 0.4) is 0 Å². The first kappa shape index (κ1) is 13.1. The minimum atomic E-state index is 0.348. The smallest absolute Gasteiger partial charge is 0.237 e. The Balaban J connectivity index is 2.34. The number of benzene rings is 1. The summed E-state index contributed by atoms with van der Waals surface area (Å²) in [6.07, 6.45) is 0. The van der Waals surface area contributed by atoms with Crippen LogP contribution in [-0.2, 0) is 6.54 Å². The van der Waals surface area contributed by atoms with E-state index < -0.39 is 0 Å². The Morgan fingerprint density at radius 3 is 2.53 bits per heavy atom. The molecule has 19 heavy (non-hydrogen) atoms. The zero-order valence-corrected chi connectivity index (χ0v) is 11.0. The SMILES string of the molecule is Cc1cc(C)c(C#N)c(Oc2ccc(CN)cc2)n1. The minimum absolute atomic E-state index is 0.348. The molecule has 0 atom stereocenters. The summed E-state index contributed by atoms with van der Waals surface area (Å²) in [5, 5.41) is 9.16. The Bertz CT molecular complexity index is 627. The standard InChI is InChI=1S/C15H15N3O/c1-10-7-11(2)18-15(14(10)9-17)19-13-5-3-12(8-16)4-6-13/h3-7H,8,16H2,1-2H3. The lowest BCUT2D eigenvalue weighted by molar-refractivity contribution is 0.459. The van der Waals surface area contributed by atoms with Crippen molar-refractivity contribution in [1.82, 2.24) is 4.98 Å². The predicted octanol–water partition coefficient (Wildman–Crippen LogP) is 2.82. The summed E-state index contributed by atoms with van der Waals surface area (Å²) in [5.41, 5.74) is 8.73. The summed E-state index contributed by atoms with van der Waals surface area (Å²) < 4.78 is 5.69. The number of aromatic nitrogens is 1. The predicted molar refractivity (Wildman–Crippen MR) is 72.8 cm³/mol. The van der Waals surface area contributed by atoms with Gasteiger partial charge in [-0.25, -0.2) is 4.98 Å². The molecule has 0 unspecified atom stereocenters. The van der Waals surface area contributed by atoms with Crippen molar-refractivity contribution in [3.63, 3.8) is 0 Å². The van der Waals surface area contributed by atoms with Gasteiger partial charge in [0.15, 0.2) is 0 Å². The summed E-state index contributed by atoms with van der Waals surface area (Å²) >= 11 is 0. The second-order valence-electron chi connectivity index (χ2n) is 4.32. The van der Waals surface area contributed by atoms with Crippen LogP contribution in [0.25, 0.3) is 0 Å². The molecule has 0 aliphatic rings. The number of pyridine rings is 1. The molecule has 0 radical (unpaired) electrons. The third-order valence-electron chi connectivity index (χ3n) is 2.80. The second-order valence-corrected chi connectivity index (χ2v) is 4.32. The zero-order valence-electron chi connectivity index (χ0n) is 11.0. The lowest BCUT2D eigenvalue weighted by Crippen LogP contribution is -1.98. The van der Waals surface area contributed by atoms with Crippen LogP contribution in [0.4, 0.5) is 0 Å². The van der Waals surface area contributed by atoms with Gasteiger partial charge < -0.3 is 10.5 Å². The fraction of sp³-hybridized carbons (Fsp3) is 0.200. The van der Waals surface area contributed by atoms with Gasteiger partial charge in [0.25, 0.3) is 0 Å². The van der Waals surface area contributed by atoms with Crippen molar-refractivity contribution in [3.05, 3.63) is 52.7 Å². The molecule has 0 amide bonds. The fourth-order valence-corrected chi connectivity index (χ4v) is 1.82. The molecule has 0 spiro atoms. The molecule has 1 aromatic carbocycles. The minimum Gasteiger partial charge on any atom is -0.438 e. The molecule has 2 rings (SSSR count). The van der Waals surface area contributed by atoms with E-state index in [0.717, 1.165) is 16.8 Å². The average Bonchev–Trinajstić information content (AvgIpc) is 2.39. The molecular weight excluding hydrogens is 238 g/mol. The van der Waals surface area contributed by atoms with Gasteiger partial charge in [-0.15, -0.1) is 0 Å². The number of hydrogen-bond donors (Lipinski definition) is 1. The molecule has 0 saturated heterocycles. The molecule has 96 valence electrons. The van der Waals surface area contributed by atoms with Crippen LogP contribution in [0.2, 0.25) is 0 Å². The maximum Gasteiger partial charge on any atom is 0.237 e. The quantitative estimate of drug-likeness (QED) is 0.912. The van der Waals surface area contributed by atoms with Crippen LogP contribution in [0.15, 0.2) is 30.3 Å². The number of hydrogen-bond acceptors (Lipinski definition) is 4. The van der Waals surface area contributed by atoms with Crippen LogP contribution in [-0.4, -0.2) is 4.98 Å². The summed E-state index contributed by atoms with van der Waals surface area (Å²) in [7, 11) is 0. The van der Waals surface area contributed by atoms with Gasteiger partial charge in [-0.1, -0.05) is 12.1 Å². The van der Waals surface area contributed by atoms with E-state index in [-0.39, 0.29) is 0 Å². The summed E-state index contributed by atoms with van der Waals surface area (Å²) in [6, 6.07) is 11.4. The summed E-state index contributed by atoms with van der Waals surface area (Å²) in [6.45, 7) is 4.24. The topological polar surface area (TPSA) is 71.9 Å². The number of nitrogens with two attached hydrogens (primary N) is 1. The average molecular weight is 253 g/mol. The third-order valence-corrected chi connectivity index (χ3v) is 2.80. The van der Waals surface area contributed by atoms with Crippen molar-refractivity contribution < 1.29 is 4.74 Å². The first-order chi connectivity index (χ1) is 9.13. The number of ether oxygens (including phenoxy) is 1. The highest BCUT2D eigenvalue weighted by molar-refractivity contribution is 5.47. The molecule has 0 aliphatic carbocycles. The van der Waals surface area contributed by atoms with E-state index in [2.05, 4.69) is 11.1 Å². The Kier molecular flexibility index (Phi) is 3.79. The van der Waals surface area contributed by atoms with Crippen LogP contribution >= 0.6 is 0 Å². The van der Waals surface area contributed by atoms with Crippen molar-refractivity contribution >= 4 is 0 Å². The van der Waals surface area contributed by atoms with E-state index in [1.165, 1.54) is 0 Å². The largest absolute Gasteiger partial charge is 0.438 e. The van der Waals surface area contributed by atoms with Gasteiger partial charge in [-0.2, -0.15) is 5.26 Å². The normalized spacial score (nSPS) is 10.0. The highest BCUT2D eigenvalue weighted by atomic mass is 16.5. The molecule has 2 N–H and O–H groups in total. The van der Waals surface area contributed by atoms with E-state index in [1.807, 2.05) is 44.2 Å². The van der Waals surface area contributed by atoms with Crippen LogP contribution in [0.1, 0.15) is 22.4 Å². The van der Waals surface area contributed by atoms with Gasteiger partial charge in [0, 0.05) is 12.2 Å². The zero-order chi connectivity index (χ0) is 13.8. The molecule has 0 saturated carbocycles. The van der Waals surface area contributed by atoms with Crippen molar-refractivity contribution in [3.8, 4) is 17.7 Å².